The van der Waals surface area contributed by atoms with Gasteiger partial charge in [0, 0.05) is 13.1 Å². The number of nitrogens with one attached hydrogen (secondary N) is 1. The first-order valence-corrected chi connectivity index (χ1v) is 7.27. The Morgan fingerprint density at radius 3 is 2.67 bits per heavy atom. The molecule has 104 valence electrons. The van der Waals surface area contributed by atoms with Crippen molar-refractivity contribution in [1.29, 1.82) is 0 Å². The fourth-order valence-electron chi connectivity index (χ4n) is 3.32. The fourth-order valence-corrected chi connectivity index (χ4v) is 3.32. The maximum absolute atomic E-state index is 11.7. The maximum Gasteiger partial charge on any atom is 0.325 e. The minimum Gasteiger partial charge on any atom is -0.480 e. The number of aliphatic carboxylic acids is 1. The highest BCUT2D eigenvalue weighted by atomic mass is 16.4. The van der Waals surface area contributed by atoms with Crippen LogP contribution in [0.4, 0.5) is 0 Å². The number of carboxylic acids is 1. The molecule has 1 saturated heterocycles. The summed E-state index contributed by atoms with van der Waals surface area (Å²) in [6, 6.07) is 0. The molecule has 1 aliphatic carbocycles. The Bertz CT molecular complexity index is 304. The van der Waals surface area contributed by atoms with Gasteiger partial charge in [0.2, 0.25) is 0 Å². The maximum atomic E-state index is 11.7. The molecule has 2 aliphatic rings. The monoisotopic (exact) mass is 254 g/mol. The van der Waals surface area contributed by atoms with E-state index in [1.807, 2.05) is 0 Å². The summed E-state index contributed by atoms with van der Waals surface area (Å²) in [5.74, 6) is 0.398. The van der Waals surface area contributed by atoms with Crippen molar-refractivity contribution in [2.24, 2.45) is 11.8 Å². The SMILES string of the molecule is CCC1CCCN(CC(NC)(C(=O)O)C2CC2)C1. The summed E-state index contributed by atoms with van der Waals surface area (Å²) in [7, 11) is 1.80. The Kier molecular flexibility index (Phi) is 4.28. The van der Waals surface area contributed by atoms with Crippen LogP contribution < -0.4 is 5.32 Å². The van der Waals surface area contributed by atoms with Crippen molar-refractivity contribution in [3.63, 3.8) is 0 Å². The topological polar surface area (TPSA) is 52.6 Å². The van der Waals surface area contributed by atoms with E-state index in [2.05, 4.69) is 17.1 Å². The minimum absolute atomic E-state index is 0.321. The second-order valence-electron chi connectivity index (χ2n) is 5.95. The third kappa shape index (κ3) is 2.69. The summed E-state index contributed by atoms with van der Waals surface area (Å²) in [5.41, 5.74) is -0.713. The molecule has 1 saturated carbocycles. The first-order chi connectivity index (χ1) is 8.62. The molecule has 18 heavy (non-hydrogen) atoms. The lowest BCUT2D eigenvalue weighted by Crippen LogP contribution is -2.60. The molecule has 2 fully saturated rings. The molecule has 4 heteroatoms. The molecule has 2 rings (SSSR count). The molecule has 0 spiro atoms. The molecule has 2 atom stereocenters. The summed E-state index contributed by atoms with van der Waals surface area (Å²) in [6.07, 6.45) is 5.83. The van der Waals surface area contributed by atoms with E-state index in [0.717, 1.165) is 31.8 Å². The van der Waals surface area contributed by atoms with Crippen LogP contribution in [0.2, 0.25) is 0 Å². The summed E-state index contributed by atoms with van der Waals surface area (Å²) in [6.45, 7) is 5.03. The highest BCUT2D eigenvalue weighted by molar-refractivity contribution is 5.80. The quantitative estimate of drug-likeness (QED) is 0.755. The van der Waals surface area contributed by atoms with Crippen molar-refractivity contribution in [3.05, 3.63) is 0 Å². The van der Waals surface area contributed by atoms with Gasteiger partial charge in [0.05, 0.1) is 0 Å². The summed E-state index contributed by atoms with van der Waals surface area (Å²) < 4.78 is 0. The first-order valence-electron chi connectivity index (χ1n) is 7.27. The van der Waals surface area contributed by atoms with Crippen LogP contribution in [0.1, 0.15) is 39.0 Å². The molecule has 1 aliphatic heterocycles. The van der Waals surface area contributed by atoms with Crippen LogP contribution in [0.3, 0.4) is 0 Å². The number of carboxylic acid groups (broad SMARTS) is 1. The molecule has 2 unspecified atom stereocenters. The molecule has 4 nitrogen and oxygen atoms in total. The van der Waals surface area contributed by atoms with Gasteiger partial charge in [-0.2, -0.15) is 0 Å². The summed E-state index contributed by atoms with van der Waals surface area (Å²) in [4.78, 5) is 14.0. The molecule has 0 aromatic rings. The molecule has 0 bridgehead atoms. The predicted octanol–water partition coefficient (Wildman–Crippen LogP) is 1.56. The van der Waals surface area contributed by atoms with Crippen LogP contribution in [-0.4, -0.2) is 48.2 Å². The van der Waals surface area contributed by atoms with Gasteiger partial charge >= 0.3 is 5.97 Å². The largest absolute Gasteiger partial charge is 0.480 e. The van der Waals surface area contributed by atoms with Gasteiger partial charge in [0.1, 0.15) is 5.54 Å². The Balaban J connectivity index is 2.02. The average molecular weight is 254 g/mol. The number of likely N-dealkylation sites (tertiary alicyclic amines) is 1. The van der Waals surface area contributed by atoms with Crippen LogP contribution >= 0.6 is 0 Å². The zero-order valence-electron chi connectivity index (χ0n) is 11.6. The number of hydrogen-bond donors (Lipinski definition) is 2. The van der Waals surface area contributed by atoms with E-state index >= 15 is 0 Å². The lowest BCUT2D eigenvalue weighted by molar-refractivity contribution is -0.147. The number of likely N-dealkylation sites (N-methyl/N-ethyl adjacent to an activating group) is 1. The Hall–Kier alpha value is -0.610. The molecular weight excluding hydrogens is 228 g/mol. The van der Waals surface area contributed by atoms with Crippen molar-refractivity contribution in [3.8, 4) is 0 Å². The molecule has 2 N–H and O–H groups in total. The van der Waals surface area contributed by atoms with Crippen LogP contribution in [0.25, 0.3) is 0 Å². The summed E-state index contributed by atoms with van der Waals surface area (Å²) in [5, 5.41) is 12.7. The van der Waals surface area contributed by atoms with Crippen LogP contribution in [0.5, 0.6) is 0 Å². The number of hydrogen-bond acceptors (Lipinski definition) is 3. The highest BCUT2D eigenvalue weighted by Gasteiger charge is 2.51. The molecule has 0 aromatic carbocycles. The normalized spacial score (nSPS) is 28.9. The van der Waals surface area contributed by atoms with E-state index in [0.29, 0.717) is 12.5 Å². The van der Waals surface area contributed by atoms with Crippen LogP contribution in [0, 0.1) is 11.8 Å². The number of piperidine rings is 1. The minimum atomic E-state index is -0.713. The second-order valence-corrected chi connectivity index (χ2v) is 5.95. The standard InChI is InChI=1S/C14H26N2O2/c1-3-11-5-4-8-16(9-11)10-14(15-2,13(17)18)12-6-7-12/h11-12,15H,3-10H2,1-2H3,(H,17,18). The van der Waals surface area contributed by atoms with E-state index in [9.17, 15) is 9.90 Å². The predicted molar refractivity (Wildman–Crippen MR) is 71.6 cm³/mol. The third-order valence-electron chi connectivity index (χ3n) is 4.76. The second kappa shape index (κ2) is 5.57. The van der Waals surface area contributed by atoms with Crippen LogP contribution in [-0.2, 0) is 4.79 Å². The van der Waals surface area contributed by atoms with E-state index in [1.54, 1.807) is 7.05 Å². The number of carbonyl (C=O) groups is 1. The van der Waals surface area contributed by atoms with Crippen molar-refractivity contribution in [1.82, 2.24) is 10.2 Å². The molecule has 0 aromatic heterocycles. The lowest BCUT2D eigenvalue weighted by Gasteiger charge is -2.39. The first kappa shape index (κ1) is 13.8. The Labute approximate surface area is 110 Å². The van der Waals surface area contributed by atoms with Gasteiger partial charge in [0.25, 0.3) is 0 Å². The molecule has 0 radical (unpaired) electrons. The van der Waals surface area contributed by atoms with E-state index in [1.165, 1.54) is 19.3 Å². The molecular formula is C14H26N2O2. The Morgan fingerprint density at radius 1 is 1.44 bits per heavy atom. The van der Waals surface area contributed by atoms with Gasteiger partial charge < -0.3 is 15.3 Å². The van der Waals surface area contributed by atoms with Crippen molar-refractivity contribution >= 4 is 5.97 Å². The van der Waals surface area contributed by atoms with Crippen molar-refractivity contribution in [2.75, 3.05) is 26.7 Å². The van der Waals surface area contributed by atoms with E-state index in [4.69, 9.17) is 0 Å². The highest BCUT2D eigenvalue weighted by Crippen LogP contribution is 2.40. The fraction of sp³-hybridized carbons (Fsp3) is 0.929. The van der Waals surface area contributed by atoms with Gasteiger partial charge in [-0.05, 0) is 51.1 Å². The smallest absolute Gasteiger partial charge is 0.325 e. The summed E-state index contributed by atoms with van der Waals surface area (Å²) >= 11 is 0. The van der Waals surface area contributed by atoms with Gasteiger partial charge in [-0.25, -0.2) is 0 Å². The van der Waals surface area contributed by atoms with Gasteiger partial charge in [-0.1, -0.05) is 13.3 Å². The van der Waals surface area contributed by atoms with E-state index in [-0.39, 0.29) is 0 Å². The van der Waals surface area contributed by atoms with Gasteiger partial charge in [0.15, 0.2) is 0 Å². The number of rotatable bonds is 6. The molecule has 0 amide bonds. The third-order valence-corrected chi connectivity index (χ3v) is 4.76. The molecule has 1 heterocycles. The zero-order valence-corrected chi connectivity index (χ0v) is 11.6. The van der Waals surface area contributed by atoms with Gasteiger partial charge in [-0.15, -0.1) is 0 Å². The van der Waals surface area contributed by atoms with Crippen molar-refractivity contribution < 1.29 is 9.90 Å². The lowest BCUT2D eigenvalue weighted by atomic mass is 9.89. The average Bonchev–Trinajstić information content (AvgIpc) is 3.20. The van der Waals surface area contributed by atoms with Crippen molar-refractivity contribution in [2.45, 2.75) is 44.6 Å². The zero-order chi connectivity index (χ0) is 13.2. The Morgan fingerprint density at radius 2 is 2.17 bits per heavy atom. The van der Waals surface area contributed by atoms with Crippen LogP contribution in [0.15, 0.2) is 0 Å². The number of nitrogens with zero attached hydrogens (tertiary/aromatic N) is 1. The van der Waals surface area contributed by atoms with Gasteiger partial charge in [-0.3, -0.25) is 4.79 Å². The van der Waals surface area contributed by atoms with E-state index < -0.39 is 11.5 Å².